The smallest absolute Gasteiger partial charge is 0.251 e. The Morgan fingerprint density at radius 1 is 1.12 bits per heavy atom. The Labute approximate surface area is 197 Å². The van der Waals surface area contributed by atoms with Crippen molar-refractivity contribution in [1.29, 1.82) is 0 Å². The van der Waals surface area contributed by atoms with Crippen molar-refractivity contribution in [3.8, 4) is 22.6 Å². The van der Waals surface area contributed by atoms with Gasteiger partial charge in [-0.1, -0.05) is 18.2 Å². The SMILES string of the molecule is CN(C)CCNC(=O)c1cccc(-c2cnn3ccc(NCc4ccc5c(c4)OCO5)nc23)c1. The fourth-order valence-electron chi connectivity index (χ4n) is 3.74. The van der Waals surface area contributed by atoms with Crippen LogP contribution >= 0.6 is 0 Å². The number of hydrogen-bond donors (Lipinski definition) is 2. The van der Waals surface area contributed by atoms with Gasteiger partial charge in [0.15, 0.2) is 17.1 Å². The number of benzene rings is 2. The van der Waals surface area contributed by atoms with Crippen molar-refractivity contribution in [3.05, 3.63) is 72.1 Å². The van der Waals surface area contributed by atoms with Gasteiger partial charge in [0, 0.05) is 37.0 Å². The summed E-state index contributed by atoms with van der Waals surface area (Å²) in [7, 11) is 3.95. The normalized spacial score (nSPS) is 12.3. The van der Waals surface area contributed by atoms with E-state index < -0.39 is 0 Å². The third-order valence-corrected chi connectivity index (χ3v) is 5.56. The van der Waals surface area contributed by atoms with Crippen LogP contribution in [0.15, 0.2) is 60.9 Å². The predicted molar refractivity (Wildman–Crippen MR) is 129 cm³/mol. The van der Waals surface area contributed by atoms with E-state index in [0.29, 0.717) is 24.3 Å². The van der Waals surface area contributed by atoms with Gasteiger partial charge in [0.2, 0.25) is 6.79 Å². The molecule has 1 amide bonds. The molecule has 0 atom stereocenters. The van der Waals surface area contributed by atoms with Crippen LogP contribution < -0.4 is 20.1 Å². The fraction of sp³-hybridized carbons (Fsp3) is 0.240. The highest BCUT2D eigenvalue weighted by molar-refractivity contribution is 5.96. The number of likely N-dealkylation sites (N-methyl/N-ethyl adjacent to an activating group) is 1. The third-order valence-electron chi connectivity index (χ3n) is 5.56. The van der Waals surface area contributed by atoms with Crippen molar-refractivity contribution in [2.24, 2.45) is 0 Å². The van der Waals surface area contributed by atoms with E-state index in [-0.39, 0.29) is 12.7 Å². The Balaban J connectivity index is 1.33. The highest BCUT2D eigenvalue weighted by Crippen LogP contribution is 2.32. The van der Waals surface area contributed by atoms with Crippen LogP contribution in [0.25, 0.3) is 16.8 Å². The number of rotatable bonds is 8. The van der Waals surface area contributed by atoms with Gasteiger partial charge in [-0.05, 0) is 55.6 Å². The highest BCUT2D eigenvalue weighted by Gasteiger charge is 2.14. The van der Waals surface area contributed by atoms with Crippen LogP contribution in [0.2, 0.25) is 0 Å². The lowest BCUT2D eigenvalue weighted by atomic mass is 10.1. The van der Waals surface area contributed by atoms with Gasteiger partial charge in [-0.15, -0.1) is 0 Å². The van der Waals surface area contributed by atoms with Crippen LogP contribution in [0, 0.1) is 0 Å². The maximum Gasteiger partial charge on any atom is 0.251 e. The third kappa shape index (κ3) is 4.65. The average Bonchev–Trinajstić information content (AvgIpc) is 3.49. The van der Waals surface area contributed by atoms with E-state index in [4.69, 9.17) is 14.5 Å². The Morgan fingerprint density at radius 2 is 2.00 bits per heavy atom. The Morgan fingerprint density at radius 3 is 2.88 bits per heavy atom. The number of nitrogens with one attached hydrogen (secondary N) is 2. The van der Waals surface area contributed by atoms with E-state index in [1.54, 1.807) is 10.7 Å². The van der Waals surface area contributed by atoms with Crippen molar-refractivity contribution < 1.29 is 14.3 Å². The molecule has 4 aromatic rings. The molecule has 0 bridgehead atoms. The van der Waals surface area contributed by atoms with Crippen LogP contribution in [0.1, 0.15) is 15.9 Å². The number of ether oxygens (including phenoxy) is 2. The molecule has 9 heteroatoms. The molecule has 1 aliphatic rings. The number of carbonyl (C=O) groups excluding carboxylic acids is 1. The zero-order chi connectivity index (χ0) is 23.5. The second-order valence-electron chi connectivity index (χ2n) is 8.32. The number of nitrogens with zero attached hydrogens (tertiary/aromatic N) is 4. The standard InChI is InChI=1S/C25H26N6O3/c1-30(2)11-9-26-25(32)19-5-3-4-18(13-19)20-15-28-31-10-8-23(29-24(20)31)27-14-17-6-7-21-22(12-17)34-16-33-21/h3-8,10,12-13,15H,9,11,14,16H2,1-2H3,(H,26,32)(H,27,29). The summed E-state index contributed by atoms with van der Waals surface area (Å²) in [5, 5.41) is 10.7. The highest BCUT2D eigenvalue weighted by atomic mass is 16.7. The van der Waals surface area contributed by atoms with Gasteiger partial charge >= 0.3 is 0 Å². The Kier molecular flexibility index (Phi) is 6.01. The number of aromatic nitrogens is 3. The Hall–Kier alpha value is -4.11. The number of hydrogen-bond acceptors (Lipinski definition) is 7. The zero-order valence-corrected chi connectivity index (χ0v) is 19.1. The Bertz CT molecular complexity index is 1330. The summed E-state index contributed by atoms with van der Waals surface area (Å²) in [5.41, 5.74) is 4.12. The first-order chi connectivity index (χ1) is 16.6. The molecule has 9 nitrogen and oxygen atoms in total. The van der Waals surface area contributed by atoms with Crippen molar-refractivity contribution in [3.63, 3.8) is 0 Å². The van der Waals surface area contributed by atoms with E-state index in [2.05, 4.69) is 15.7 Å². The minimum atomic E-state index is -0.0979. The second kappa shape index (κ2) is 9.40. The van der Waals surface area contributed by atoms with Crippen molar-refractivity contribution in [2.45, 2.75) is 6.54 Å². The summed E-state index contributed by atoms with van der Waals surface area (Å²) < 4.78 is 12.6. The molecule has 2 aromatic heterocycles. The van der Waals surface area contributed by atoms with Crippen LogP contribution in [0.5, 0.6) is 11.5 Å². The van der Waals surface area contributed by atoms with Crippen LogP contribution in [-0.4, -0.2) is 59.4 Å². The lowest BCUT2D eigenvalue weighted by molar-refractivity contribution is 0.0951. The van der Waals surface area contributed by atoms with Crippen molar-refractivity contribution >= 4 is 17.4 Å². The zero-order valence-electron chi connectivity index (χ0n) is 19.1. The molecule has 0 fully saturated rings. The van der Waals surface area contributed by atoms with Gasteiger partial charge in [-0.2, -0.15) is 5.10 Å². The quantitative estimate of drug-likeness (QED) is 0.419. The summed E-state index contributed by atoms with van der Waals surface area (Å²) in [6.45, 7) is 2.22. The molecule has 5 rings (SSSR count). The monoisotopic (exact) mass is 458 g/mol. The first kappa shape index (κ1) is 21.7. The molecule has 0 aliphatic carbocycles. The number of fused-ring (bicyclic) bond motifs is 2. The maximum absolute atomic E-state index is 12.6. The molecule has 174 valence electrons. The van der Waals surface area contributed by atoms with E-state index in [1.807, 2.05) is 73.7 Å². The summed E-state index contributed by atoms with van der Waals surface area (Å²) in [4.78, 5) is 19.4. The van der Waals surface area contributed by atoms with Gasteiger partial charge in [0.25, 0.3) is 5.91 Å². The molecule has 0 unspecified atom stereocenters. The number of carbonyl (C=O) groups is 1. The molecule has 0 saturated heterocycles. The lowest BCUT2D eigenvalue weighted by Crippen LogP contribution is -2.31. The van der Waals surface area contributed by atoms with Crippen LogP contribution in [-0.2, 0) is 6.54 Å². The fourth-order valence-corrected chi connectivity index (χ4v) is 3.74. The van der Waals surface area contributed by atoms with E-state index in [0.717, 1.165) is 40.6 Å². The topological polar surface area (TPSA) is 93.0 Å². The number of anilines is 1. The van der Waals surface area contributed by atoms with Crippen LogP contribution in [0.3, 0.4) is 0 Å². The van der Waals surface area contributed by atoms with Crippen molar-refractivity contribution in [1.82, 2.24) is 24.8 Å². The minimum Gasteiger partial charge on any atom is -0.454 e. The van der Waals surface area contributed by atoms with Gasteiger partial charge in [0.05, 0.1) is 6.20 Å². The largest absolute Gasteiger partial charge is 0.454 e. The molecule has 0 radical (unpaired) electrons. The molecule has 1 aliphatic heterocycles. The van der Waals surface area contributed by atoms with E-state index in [1.165, 1.54) is 0 Å². The van der Waals surface area contributed by atoms with Crippen molar-refractivity contribution in [2.75, 3.05) is 39.3 Å². The molecular formula is C25H26N6O3. The molecular weight excluding hydrogens is 432 g/mol. The second-order valence-corrected chi connectivity index (χ2v) is 8.32. The van der Waals surface area contributed by atoms with Gasteiger partial charge in [-0.25, -0.2) is 9.50 Å². The minimum absolute atomic E-state index is 0.0979. The molecule has 0 spiro atoms. The summed E-state index contributed by atoms with van der Waals surface area (Å²) in [6, 6.07) is 15.3. The lowest BCUT2D eigenvalue weighted by Gasteiger charge is -2.11. The first-order valence-electron chi connectivity index (χ1n) is 11.1. The van der Waals surface area contributed by atoms with Crippen LogP contribution in [0.4, 0.5) is 5.82 Å². The molecule has 0 saturated carbocycles. The molecule has 2 aromatic carbocycles. The van der Waals surface area contributed by atoms with E-state index >= 15 is 0 Å². The first-order valence-corrected chi connectivity index (χ1v) is 11.1. The summed E-state index contributed by atoms with van der Waals surface area (Å²) in [6.07, 6.45) is 3.64. The number of amides is 1. The van der Waals surface area contributed by atoms with Gasteiger partial charge < -0.3 is 25.0 Å². The maximum atomic E-state index is 12.6. The summed E-state index contributed by atoms with van der Waals surface area (Å²) >= 11 is 0. The summed E-state index contributed by atoms with van der Waals surface area (Å²) in [5.74, 6) is 2.15. The van der Waals surface area contributed by atoms with Gasteiger partial charge in [0.1, 0.15) is 5.82 Å². The van der Waals surface area contributed by atoms with E-state index in [9.17, 15) is 4.79 Å². The average molecular weight is 459 g/mol. The predicted octanol–water partition coefficient (Wildman–Crippen LogP) is 3.03. The molecule has 3 heterocycles. The molecule has 34 heavy (non-hydrogen) atoms. The van der Waals surface area contributed by atoms with Gasteiger partial charge in [-0.3, -0.25) is 4.79 Å². The molecule has 2 N–H and O–H groups in total.